The minimum atomic E-state index is 0.573. The number of anilines is 1. The molecule has 1 N–H and O–H groups in total. The van der Waals surface area contributed by atoms with Crippen LogP contribution >= 0.6 is 0 Å². The van der Waals surface area contributed by atoms with Crippen molar-refractivity contribution in [3.05, 3.63) is 29.8 Å². The van der Waals surface area contributed by atoms with E-state index in [1.54, 1.807) is 0 Å². The van der Waals surface area contributed by atoms with Crippen LogP contribution < -0.4 is 5.32 Å². The smallest absolute Gasteiger partial charge is 0.0991 e. The quantitative estimate of drug-likeness (QED) is 0.860. The first-order valence-corrected chi connectivity index (χ1v) is 6.36. The van der Waals surface area contributed by atoms with Crippen molar-refractivity contribution in [2.75, 3.05) is 18.4 Å². The molecule has 1 saturated carbocycles. The van der Waals surface area contributed by atoms with Crippen molar-refractivity contribution in [2.45, 2.75) is 31.3 Å². The highest BCUT2D eigenvalue weighted by Crippen LogP contribution is 2.30. The molecule has 1 atom stereocenters. The molecule has 1 aliphatic carbocycles. The molecule has 3 rings (SSSR count). The van der Waals surface area contributed by atoms with Gasteiger partial charge in [-0.2, -0.15) is 5.26 Å². The molecule has 1 saturated heterocycles. The van der Waals surface area contributed by atoms with Crippen molar-refractivity contribution in [2.24, 2.45) is 0 Å². The molecule has 0 aromatic heterocycles. The molecule has 1 aromatic rings. The van der Waals surface area contributed by atoms with E-state index in [1.165, 1.54) is 32.4 Å². The molecule has 1 unspecified atom stereocenters. The van der Waals surface area contributed by atoms with Gasteiger partial charge >= 0.3 is 0 Å². The molecule has 1 aromatic carbocycles. The van der Waals surface area contributed by atoms with Crippen molar-refractivity contribution in [3.63, 3.8) is 0 Å². The van der Waals surface area contributed by atoms with Crippen molar-refractivity contribution in [1.82, 2.24) is 4.90 Å². The molecule has 17 heavy (non-hydrogen) atoms. The van der Waals surface area contributed by atoms with Crippen molar-refractivity contribution < 1.29 is 0 Å². The highest BCUT2D eigenvalue weighted by Gasteiger charge is 2.34. The van der Waals surface area contributed by atoms with Crippen LogP contribution in [0, 0.1) is 11.3 Å². The standard InChI is InChI=1S/C14H17N3/c15-9-11-1-3-12(4-2-11)16-13-7-8-17(10-13)14-5-6-14/h1-4,13-14,16H,5-8,10H2. The van der Waals surface area contributed by atoms with Crippen LogP contribution in [-0.2, 0) is 0 Å². The van der Waals surface area contributed by atoms with Crippen molar-refractivity contribution >= 4 is 5.69 Å². The van der Waals surface area contributed by atoms with Crippen LogP contribution in [0.1, 0.15) is 24.8 Å². The lowest BCUT2D eigenvalue weighted by atomic mass is 10.2. The lowest BCUT2D eigenvalue weighted by molar-refractivity contribution is 0.326. The van der Waals surface area contributed by atoms with E-state index in [9.17, 15) is 0 Å². The molecule has 1 aliphatic heterocycles. The third-order valence-corrected chi connectivity index (χ3v) is 3.67. The van der Waals surface area contributed by atoms with E-state index in [2.05, 4.69) is 16.3 Å². The number of rotatable bonds is 3. The second kappa shape index (κ2) is 4.38. The minimum absolute atomic E-state index is 0.573. The van der Waals surface area contributed by atoms with Crippen LogP contribution in [0.5, 0.6) is 0 Å². The molecule has 0 bridgehead atoms. The Morgan fingerprint density at radius 2 is 1.94 bits per heavy atom. The van der Waals surface area contributed by atoms with Crippen molar-refractivity contribution in [1.29, 1.82) is 5.26 Å². The van der Waals surface area contributed by atoms with Gasteiger partial charge in [-0.15, -0.1) is 0 Å². The van der Waals surface area contributed by atoms with Crippen LogP contribution in [0.2, 0.25) is 0 Å². The Morgan fingerprint density at radius 1 is 1.18 bits per heavy atom. The van der Waals surface area contributed by atoms with Gasteiger partial charge in [0.05, 0.1) is 11.6 Å². The van der Waals surface area contributed by atoms with Crippen LogP contribution in [0.4, 0.5) is 5.69 Å². The Labute approximate surface area is 102 Å². The molecule has 2 aliphatic rings. The summed E-state index contributed by atoms with van der Waals surface area (Å²) in [5, 5.41) is 12.3. The van der Waals surface area contributed by atoms with E-state index < -0.39 is 0 Å². The van der Waals surface area contributed by atoms with Gasteiger partial charge in [0.15, 0.2) is 0 Å². The first-order valence-electron chi connectivity index (χ1n) is 6.36. The summed E-state index contributed by atoms with van der Waals surface area (Å²) in [6, 6.07) is 11.3. The molecule has 0 amide bonds. The summed E-state index contributed by atoms with van der Waals surface area (Å²) in [6.07, 6.45) is 4.02. The number of nitriles is 1. The maximum atomic E-state index is 8.74. The van der Waals surface area contributed by atoms with Crippen LogP contribution in [0.3, 0.4) is 0 Å². The van der Waals surface area contributed by atoms with Crippen LogP contribution in [-0.4, -0.2) is 30.1 Å². The predicted octanol–water partition coefficient (Wildman–Crippen LogP) is 2.21. The number of benzene rings is 1. The summed E-state index contributed by atoms with van der Waals surface area (Å²) in [4.78, 5) is 2.60. The van der Waals surface area contributed by atoms with Gasteiger partial charge < -0.3 is 5.32 Å². The first kappa shape index (κ1) is 10.6. The number of hydrogen-bond acceptors (Lipinski definition) is 3. The summed E-state index contributed by atoms with van der Waals surface area (Å²) in [6.45, 7) is 2.41. The number of hydrogen-bond donors (Lipinski definition) is 1. The maximum Gasteiger partial charge on any atom is 0.0991 e. The topological polar surface area (TPSA) is 39.1 Å². The summed E-state index contributed by atoms with van der Waals surface area (Å²) in [5.74, 6) is 0. The second-order valence-electron chi connectivity index (χ2n) is 5.05. The number of nitrogens with one attached hydrogen (secondary N) is 1. The Hall–Kier alpha value is -1.53. The average molecular weight is 227 g/mol. The van der Waals surface area contributed by atoms with E-state index in [1.807, 2.05) is 24.3 Å². The largest absolute Gasteiger partial charge is 0.381 e. The number of nitrogens with zero attached hydrogens (tertiary/aromatic N) is 2. The molecule has 0 spiro atoms. The van der Waals surface area contributed by atoms with Gasteiger partial charge in [-0.25, -0.2) is 0 Å². The van der Waals surface area contributed by atoms with E-state index in [0.717, 1.165) is 17.3 Å². The van der Waals surface area contributed by atoms with Gasteiger partial charge in [0, 0.05) is 30.9 Å². The third kappa shape index (κ3) is 2.42. The Morgan fingerprint density at radius 3 is 2.59 bits per heavy atom. The molecule has 0 radical (unpaired) electrons. The van der Waals surface area contributed by atoms with Gasteiger partial charge in [-0.1, -0.05) is 0 Å². The van der Waals surface area contributed by atoms with E-state index in [4.69, 9.17) is 5.26 Å². The Bertz CT molecular complexity index is 428. The van der Waals surface area contributed by atoms with Crippen molar-refractivity contribution in [3.8, 4) is 6.07 Å². The molecular formula is C14H17N3. The molecular weight excluding hydrogens is 210 g/mol. The molecule has 3 heteroatoms. The molecule has 1 heterocycles. The zero-order valence-electron chi connectivity index (χ0n) is 9.89. The number of likely N-dealkylation sites (tertiary alicyclic amines) is 1. The molecule has 88 valence electrons. The van der Waals surface area contributed by atoms with Gasteiger partial charge in [0.2, 0.25) is 0 Å². The summed E-state index contributed by atoms with van der Waals surface area (Å²) in [5.41, 5.74) is 1.85. The summed E-state index contributed by atoms with van der Waals surface area (Å²) >= 11 is 0. The van der Waals surface area contributed by atoms with Gasteiger partial charge in [-0.05, 0) is 43.5 Å². The van der Waals surface area contributed by atoms with Gasteiger partial charge in [0.25, 0.3) is 0 Å². The Kier molecular flexibility index (Phi) is 2.74. The lowest BCUT2D eigenvalue weighted by Crippen LogP contribution is -2.27. The van der Waals surface area contributed by atoms with Crippen LogP contribution in [0.25, 0.3) is 0 Å². The fourth-order valence-electron chi connectivity index (χ4n) is 2.55. The first-order chi connectivity index (χ1) is 8.35. The zero-order chi connectivity index (χ0) is 11.7. The van der Waals surface area contributed by atoms with Gasteiger partial charge in [-0.3, -0.25) is 4.90 Å². The lowest BCUT2D eigenvalue weighted by Gasteiger charge is -2.16. The Balaban J connectivity index is 1.57. The van der Waals surface area contributed by atoms with E-state index in [-0.39, 0.29) is 0 Å². The normalized spacial score (nSPS) is 24.5. The highest BCUT2D eigenvalue weighted by atomic mass is 15.2. The predicted molar refractivity (Wildman–Crippen MR) is 67.8 cm³/mol. The maximum absolute atomic E-state index is 8.74. The molecule has 2 fully saturated rings. The third-order valence-electron chi connectivity index (χ3n) is 3.67. The average Bonchev–Trinajstić information content (AvgIpc) is 3.12. The van der Waals surface area contributed by atoms with Crippen LogP contribution in [0.15, 0.2) is 24.3 Å². The van der Waals surface area contributed by atoms with E-state index in [0.29, 0.717) is 6.04 Å². The fourth-order valence-corrected chi connectivity index (χ4v) is 2.55. The minimum Gasteiger partial charge on any atom is -0.381 e. The second-order valence-corrected chi connectivity index (χ2v) is 5.05. The zero-order valence-corrected chi connectivity index (χ0v) is 9.89. The monoisotopic (exact) mass is 227 g/mol. The van der Waals surface area contributed by atoms with Gasteiger partial charge in [0.1, 0.15) is 0 Å². The summed E-state index contributed by atoms with van der Waals surface area (Å²) < 4.78 is 0. The highest BCUT2D eigenvalue weighted by molar-refractivity contribution is 5.48. The SMILES string of the molecule is N#Cc1ccc(NC2CCN(C3CC3)C2)cc1. The fraction of sp³-hybridized carbons (Fsp3) is 0.500. The summed E-state index contributed by atoms with van der Waals surface area (Å²) in [7, 11) is 0. The molecule has 3 nitrogen and oxygen atoms in total. The van der Waals surface area contributed by atoms with E-state index >= 15 is 0 Å².